The number of ether oxygens (including phenoxy) is 1. The van der Waals surface area contributed by atoms with Gasteiger partial charge in [-0.3, -0.25) is 0 Å². The molecule has 1 saturated carbocycles. The summed E-state index contributed by atoms with van der Waals surface area (Å²) in [4.78, 5) is 0. The van der Waals surface area contributed by atoms with E-state index in [4.69, 9.17) is 4.74 Å². The van der Waals surface area contributed by atoms with Crippen molar-refractivity contribution in [3.8, 4) is 0 Å². The van der Waals surface area contributed by atoms with Gasteiger partial charge >= 0.3 is 0 Å². The molecule has 4 atom stereocenters. The van der Waals surface area contributed by atoms with Gasteiger partial charge in [0.05, 0.1) is 18.8 Å². The summed E-state index contributed by atoms with van der Waals surface area (Å²) in [5, 5.41) is 13.4. The number of β-amino-alcohol motifs (C(OH)–C–C–N with tert-alkyl or cyclic N) is 1. The lowest BCUT2D eigenvalue weighted by atomic mass is 9.75. The summed E-state index contributed by atoms with van der Waals surface area (Å²) >= 11 is 0. The standard InChI is InChI=1S/C17H35NO2/c1-12(2)15-8-7-13(3)9-16(15)20-11-14(19)10-18-17(4,5)6/h12-16,18-19H,7-11H2,1-6H3/t13-,14+,15-,16+/m0/s1. The third-order valence-corrected chi connectivity index (χ3v) is 4.33. The minimum Gasteiger partial charge on any atom is -0.389 e. The van der Waals surface area contributed by atoms with Crippen molar-refractivity contribution in [2.24, 2.45) is 17.8 Å². The van der Waals surface area contributed by atoms with Crippen LogP contribution in [0.3, 0.4) is 0 Å². The van der Waals surface area contributed by atoms with Gasteiger partial charge in [-0.05, 0) is 51.4 Å². The number of nitrogens with one attached hydrogen (secondary N) is 1. The molecule has 2 N–H and O–H groups in total. The fourth-order valence-corrected chi connectivity index (χ4v) is 3.02. The van der Waals surface area contributed by atoms with Gasteiger partial charge in [0.25, 0.3) is 0 Å². The average Bonchev–Trinajstić information content (AvgIpc) is 2.32. The molecule has 0 aliphatic heterocycles. The Balaban J connectivity index is 2.37. The first-order chi connectivity index (χ1) is 9.19. The van der Waals surface area contributed by atoms with Gasteiger partial charge in [-0.25, -0.2) is 0 Å². The fraction of sp³-hybridized carbons (Fsp3) is 1.00. The summed E-state index contributed by atoms with van der Waals surface area (Å²) in [7, 11) is 0. The summed E-state index contributed by atoms with van der Waals surface area (Å²) in [6, 6.07) is 0. The van der Waals surface area contributed by atoms with E-state index in [2.05, 4.69) is 46.9 Å². The molecule has 1 rings (SSSR count). The van der Waals surface area contributed by atoms with Crippen LogP contribution in [0.2, 0.25) is 0 Å². The van der Waals surface area contributed by atoms with Crippen LogP contribution < -0.4 is 5.32 Å². The molecule has 3 heteroatoms. The average molecular weight is 285 g/mol. The molecule has 0 aromatic rings. The Labute approximate surface area is 125 Å². The molecule has 0 unspecified atom stereocenters. The third kappa shape index (κ3) is 6.55. The monoisotopic (exact) mass is 285 g/mol. The van der Waals surface area contributed by atoms with E-state index in [1.54, 1.807) is 0 Å². The van der Waals surface area contributed by atoms with Gasteiger partial charge in [-0.2, -0.15) is 0 Å². The van der Waals surface area contributed by atoms with E-state index in [0.717, 1.165) is 12.3 Å². The number of rotatable bonds is 6. The van der Waals surface area contributed by atoms with Gasteiger partial charge in [0, 0.05) is 12.1 Å². The third-order valence-electron chi connectivity index (χ3n) is 4.33. The molecule has 0 aromatic carbocycles. The van der Waals surface area contributed by atoms with E-state index in [9.17, 15) is 5.11 Å². The van der Waals surface area contributed by atoms with Crippen molar-refractivity contribution in [2.45, 2.75) is 78.6 Å². The van der Waals surface area contributed by atoms with Crippen LogP contribution in [0.1, 0.15) is 60.8 Å². The minimum absolute atomic E-state index is 0.0425. The largest absolute Gasteiger partial charge is 0.389 e. The van der Waals surface area contributed by atoms with Crippen LogP contribution in [0.15, 0.2) is 0 Å². The highest BCUT2D eigenvalue weighted by Crippen LogP contribution is 2.35. The molecule has 20 heavy (non-hydrogen) atoms. The van der Waals surface area contributed by atoms with Gasteiger partial charge < -0.3 is 15.2 Å². The zero-order chi connectivity index (χ0) is 15.3. The van der Waals surface area contributed by atoms with E-state index >= 15 is 0 Å². The van der Waals surface area contributed by atoms with Gasteiger partial charge in [0.1, 0.15) is 0 Å². The second-order valence-corrected chi connectivity index (χ2v) is 7.98. The van der Waals surface area contributed by atoms with Crippen molar-refractivity contribution in [3.63, 3.8) is 0 Å². The van der Waals surface area contributed by atoms with Crippen LogP contribution in [0.4, 0.5) is 0 Å². The Morgan fingerprint density at radius 1 is 1.25 bits per heavy atom. The number of hydrogen-bond donors (Lipinski definition) is 2. The van der Waals surface area contributed by atoms with Crippen molar-refractivity contribution in [2.75, 3.05) is 13.2 Å². The number of aliphatic hydroxyl groups excluding tert-OH is 1. The first-order valence-corrected chi connectivity index (χ1v) is 8.23. The lowest BCUT2D eigenvalue weighted by Crippen LogP contribution is -2.43. The van der Waals surface area contributed by atoms with Crippen LogP contribution in [-0.2, 0) is 4.74 Å². The number of aliphatic hydroxyl groups is 1. The van der Waals surface area contributed by atoms with Crippen molar-refractivity contribution in [1.29, 1.82) is 0 Å². The van der Waals surface area contributed by atoms with Crippen LogP contribution in [0, 0.1) is 17.8 Å². The summed E-state index contributed by atoms with van der Waals surface area (Å²) in [5.41, 5.74) is 0.0425. The summed E-state index contributed by atoms with van der Waals surface area (Å²) in [6.45, 7) is 14.3. The van der Waals surface area contributed by atoms with E-state index in [0.29, 0.717) is 31.1 Å². The SMILES string of the molecule is CC(C)[C@@H]1CC[C@H](C)C[C@H]1OC[C@H](O)CNC(C)(C)C. The summed E-state index contributed by atoms with van der Waals surface area (Å²) < 4.78 is 6.06. The zero-order valence-electron chi connectivity index (χ0n) is 14.3. The molecule has 1 aliphatic carbocycles. The predicted molar refractivity (Wildman–Crippen MR) is 84.8 cm³/mol. The molecule has 1 aliphatic rings. The first-order valence-electron chi connectivity index (χ1n) is 8.23. The summed E-state index contributed by atoms with van der Waals surface area (Å²) in [6.07, 6.45) is 3.63. The van der Waals surface area contributed by atoms with Crippen LogP contribution >= 0.6 is 0 Å². The smallest absolute Gasteiger partial charge is 0.0898 e. The van der Waals surface area contributed by atoms with Crippen LogP contribution in [-0.4, -0.2) is 36.0 Å². The minimum atomic E-state index is -0.417. The van der Waals surface area contributed by atoms with E-state index < -0.39 is 6.10 Å². The van der Waals surface area contributed by atoms with E-state index in [-0.39, 0.29) is 5.54 Å². The summed E-state index contributed by atoms with van der Waals surface area (Å²) in [5.74, 6) is 2.06. The van der Waals surface area contributed by atoms with Crippen LogP contribution in [0.5, 0.6) is 0 Å². The van der Waals surface area contributed by atoms with Crippen molar-refractivity contribution in [3.05, 3.63) is 0 Å². The quantitative estimate of drug-likeness (QED) is 0.787. The van der Waals surface area contributed by atoms with Crippen molar-refractivity contribution >= 4 is 0 Å². The van der Waals surface area contributed by atoms with Gasteiger partial charge in [0.2, 0.25) is 0 Å². The second-order valence-electron chi connectivity index (χ2n) is 7.98. The van der Waals surface area contributed by atoms with Crippen molar-refractivity contribution < 1.29 is 9.84 Å². The highest BCUT2D eigenvalue weighted by molar-refractivity contribution is 4.82. The lowest BCUT2D eigenvalue weighted by Gasteiger charge is -2.37. The Bertz CT molecular complexity index is 273. The molecule has 3 nitrogen and oxygen atoms in total. The van der Waals surface area contributed by atoms with Gasteiger partial charge in [0.15, 0.2) is 0 Å². The first kappa shape index (κ1) is 17.9. The molecule has 0 amide bonds. The Morgan fingerprint density at radius 3 is 2.45 bits per heavy atom. The molecule has 0 bridgehead atoms. The van der Waals surface area contributed by atoms with Crippen LogP contribution in [0.25, 0.3) is 0 Å². The molecular formula is C17H35NO2. The Hall–Kier alpha value is -0.120. The predicted octanol–water partition coefficient (Wildman–Crippen LogP) is 3.21. The zero-order valence-corrected chi connectivity index (χ0v) is 14.3. The Morgan fingerprint density at radius 2 is 1.90 bits per heavy atom. The number of hydrogen-bond acceptors (Lipinski definition) is 3. The normalized spacial score (nSPS) is 29.7. The molecule has 0 spiro atoms. The van der Waals surface area contributed by atoms with E-state index in [1.165, 1.54) is 12.8 Å². The molecule has 0 radical (unpaired) electrons. The highest BCUT2D eigenvalue weighted by Gasteiger charge is 2.31. The second kappa shape index (κ2) is 7.77. The van der Waals surface area contributed by atoms with Gasteiger partial charge in [-0.15, -0.1) is 0 Å². The highest BCUT2D eigenvalue weighted by atomic mass is 16.5. The molecule has 120 valence electrons. The maximum atomic E-state index is 10.0. The molecule has 0 aromatic heterocycles. The molecule has 0 heterocycles. The van der Waals surface area contributed by atoms with E-state index in [1.807, 2.05) is 0 Å². The maximum absolute atomic E-state index is 10.0. The van der Waals surface area contributed by atoms with Gasteiger partial charge in [-0.1, -0.05) is 27.2 Å². The molecule has 0 saturated heterocycles. The molecular weight excluding hydrogens is 250 g/mol. The Kier molecular flexibility index (Phi) is 6.96. The van der Waals surface area contributed by atoms with Crippen molar-refractivity contribution in [1.82, 2.24) is 5.32 Å². The fourth-order valence-electron chi connectivity index (χ4n) is 3.02. The maximum Gasteiger partial charge on any atom is 0.0898 e. The topological polar surface area (TPSA) is 41.5 Å². The molecule has 1 fully saturated rings. The lowest BCUT2D eigenvalue weighted by molar-refractivity contribution is -0.0689.